The van der Waals surface area contributed by atoms with E-state index in [-0.39, 0.29) is 11.4 Å². The van der Waals surface area contributed by atoms with Crippen molar-refractivity contribution in [1.29, 1.82) is 0 Å². The molecular weight excluding hydrogens is 530 g/mol. The van der Waals surface area contributed by atoms with Gasteiger partial charge in [-0.25, -0.2) is 0 Å². The molecule has 0 N–H and O–H groups in total. The van der Waals surface area contributed by atoms with E-state index in [1.54, 1.807) is 36.2 Å². The van der Waals surface area contributed by atoms with Crippen LogP contribution >= 0.6 is 23.5 Å². The standard InChI is InChI=1S/C27H16F6N2S2/c1-34-17-6-2-4-8-22(17)37-25-14-19(16(13-20(25)34)27(31,32)33)35-18-7-3-5-9-23(18)36-24-11-10-15(12-21(24)35)26(28,29)30/h2-14H,1H3. The Morgan fingerprint density at radius 1 is 0.541 bits per heavy atom. The second-order valence-corrected chi connectivity index (χ2v) is 10.7. The summed E-state index contributed by atoms with van der Waals surface area (Å²) in [5.74, 6) is 0. The lowest BCUT2D eigenvalue weighted by atomic mass is 10.1. The Kier molecular flexibility index (Phi) is 5.47. The number of nitrogens with zero attached hydrogens (tertiary/aromatic N) is 2. The first-order chi connectivity index (χ1) is 17.5. The van der Waals surface area contributed by atoms with Crippen LogP contribution in [0.25, 0.3) is 0 Å². The van der Waals surface area contributed by atoms with Crippen molar-refractivity contribution in [3.8, 4) is 0 Å². The Balaban J connectivity index is 1.63. The summed E-state index contributed by atoms with van der Waals surface area (Å²) in [5.41, 5.74) is -0.476. The second-order valence-electron chi connectivity index (χ2n) is 8.55. The van der Waals surface area contributed by atoms with Gasteiger partial charge in [0, 0.05) is 26.6 Å². The molecule has 0 bridgehead atoms. The fourth-order valence-corrected chi connectivity index (χ4v) is 6.78. The molecule has 0 saturated heterocycles. The predicted molar refractivity (Wildman–Crippen MR) is 134 cm³/mol. The number of alkyl halides is 6. The number of hydrogen-bond acceptors (Lipinski definition) is 4. The second kappa shape index (κ2) is 8.39. The smallest absolute Gasteiger partial charge is 0.343 e. The molecule has 0 amide bonds. The van der Waals surface area contributed by atoms with E-state index < -0.39 is 23.5 Å². The van der Waals surface area contributed by atoms with Crippen LogP contribution in [-0.2, 0) is 12.4 Å². The third-order valence-corrected chi connectivity index (χ3v) is 8.53. The zero-order chi connectivity index (χ0) is 26.1. The number of rotatable bonds is 1. The van der Waals surface area contributed by atoms with Gasteiger partial charge in [-0.1, -0.05) is 47.8 Å². The normalized spacial score (nSPS) is 14.6. The minimum Gasteiger partial charge on any atom is -0.343 e. The van der Waals surface area contributed by atoms with Crippen LogP contribution in [0, 0.1) is 0 Å². The number of hydrogen-bond donors (Lipinski definition) is 0. The largest absolute Gasteiger partial charge is 0.418 e. The van der Waals surface area contributed by atoms with Crippen molar-refractivity contribution in [3.63, 3.8) is 0 Å². The quantitative estimate of drug-likeness (QED) is 0.193. The van der Waals surface area contributed by atoms with Crippen molar-refractivity contribution in [2.75, 3.05) is 16.8 Å². The van der Waals surface area contributed by atoms with Gasteiger partial charge in [-0.05, 0) is 54.6 Å². The van der Waals surface area contributed by atoms with Crippen LogP contribution in [-0.4, -0.2) is 7.05 Å². The maximum Gasteiger partial charge on any atom is 0.418 e. The summed E-state index contributed by atoms with van der Waals surface area (Å²) in [6.07, 6.45) is -9.40. The maximum absolute atomic E-state index is 14.6. The Labute approximate surface area is 216 Å². The van der Waals surface area contributed by atoms with Crippen molar-refractivity contribution in [3.05, 3.63) is 90.0 Å². The van der Waals surface area contributed by atoms with Crippen molar-refractivity contribution in [2.45, 2.75) is 31.9 Å². The van der Waals surface area contributed by atoms with E-state index in [1.807, 2.05) is 24.3 Å². The molecule has 2 aliphatic rings. The molecule has 188 valence electrons. The zero-order valence-corrected chi connectivity index (χ0v) is 20.6. The molecule has 0 aromatic heterocycles. The van der Waals surface area contributed by atoms with Gasteiger partial charge in [-0.3, -0.25) is 0 Å². The lowest BCUT2D eigenvalue weighted by molar-refractivity contribution is -0.138. The molecule has 2 aliphatic heterocycles. The predicted octanol–water partition coefficient (Wildman–Crippen LogP) is 9.89. The molecular formula is C27H16F6N2S2. The number of benzene rings is 4. The van der Waals surface area contributed by atoms with E-state index in [1.165, 1.54) is 40.6 Å². The topological polar surface area (TPSA) is 6.48 Å². The third kappa shape index (κ3) is 4.02. The lowest BCUT2D eigenvalue weighted by Crippen LogP contribution is -2.22. The van der Waals surface area contributed by atoms with Crippen molar-refractivity contribution < 1.29 is 26.3 Å². The van der Waals surface area contributed by atoms with Crippen molar-refractivity contribution >= 4 is 52.0 Å². The minimum absolute atomic E-state index is 0.0542. The summed E-state index contributed by atoms with van der Waals surface area (Å²) in [6.45, 7) is 0. The van der Waals surface area contributed by atoms with Crippen LogP contribution in [0.3, 0.4) is 0 Å². The summed E-state index contributed by atoms with van der Waals surface area (Å²) in [4.78, 5) is 5.55. The van der Waals surface area contributed by atoms with Crippen LogP contribution in [0.15, 0.2) is 98.4 Å². The van der Waals surface area contributed by atoms with Gasteiger partial charge in [0.05, 0.1) is 39.6 Å². The number of para-hydroxylation sites is 2. The summed E-state index contributed by atoms with van der Waals surface area (Å²) >= 11 is 2.56. The highest BCUT2D eigenvalue weighted by Gasteiger charge is 2.40. The van der Waals surface area contributed by atoms with Crippen LogP contribution in [0.2, 0.25) is 0 Å². The number of fused-ring (bicyclic) bond motifs is 4. The van der Waals surface area contributed by atoms with Crippen LogP contribution < -0.4 is 9.80 Å². The van der Waals surface area contributed by atoms with Gasteiger partial charge in [0.25, 0.3) is 0 Å². The zero-order valence-electron chi connectivity index (χ0n) is 19.0. The third-order valence-electron chi connectivity index (χ3n) is 6.28. The van der Waals surface area contributed by atoms with E-state index in [9.17, 15) is 26.3 Å². The first-order valence-electron chi connectivity index (χ1n) is 11.1. The average molecular weight is 547 g/mol. The molecule has 37 heavy (non-hydrogen) atoms. The number of halogens is 6. The van der Waals surface area contributed by atoms with E-state index in [4.69, 9.17) is 0 Å². The molecule has 4 aromatic carbocycles. The van der Waals surface area contributed by atoms with Gasteiger partial charge in [-0.2, -0.15) is 26.3 Å². The molecule has 0 spiro atoms. The Morgan fingerprint density at radius 3 is 1.81 bits per heavy atom. The van der Waals surface area contributed by atoms with Crippen LogP contribution in [0.1, 0.15) is 11.1 Å². The molecule has 10 heteroatoms. The van der Waals surface area contributed by atoms with Crippen molar-refractivity contribution in [1.82, 2.24) is 0 Å². The first kappa shape index (κ1) is 24.1. The molecule has 0 aliphatic carbocycles. The molecule has 0 unspecified atom stereocenters. The fourth-order valence-electron chi connectivity index (χ4n) is 4.57. The highest BCUT2D eigenvalue weighted by atomic mass is 32.2. The van der Waals surface area contributed by atoms with Gasteiger partial charge in [0.1, 0.15) is 0 Å². The summed E-state index contributed by atoms with van der Waals surface area (Å²) in [5, 5.41) is 0. The van der Waals surface area contributed by atoms with Gasteiger partial charge in [0.15, 0.2) is 0 Å². The van der Waals surface area contributed by atoms with E-state index in [2.05, 4.69) is 0 Å². The molecule has 0 fully saturated rings. The van der Waals surface area contributed by atoms with Gasteiger partial charge < -0.3 is 9.80 Å². The van der Waals surface area contributed by atoms with E-state index in [0.29, 0.717) is 26.1 Å². The molecule has 0 saturated carbocycles. The van der Waals surface area contributed by atoms with E-state index >= 15 is 0 Å². The van der Waals surface area contributed by atoms with Crippen LogP contribution in [0.4, 0.5) is 54.8 Å². The van der Waals surface area contributed by atoms with Crippen LogP contribution in [0.5, 0.6) is 0 Å². The van der Waals surface area contributed by atoms with Gasteiger partial charge >= 0.3 is 12.4 Å². The highest BCUT2D eigenvalue weighted by molar-refractivity contribution is 8.00. The van der Waals surface area contributed by atoms with Gasteiger partial charge in [-0.15, -0.1) is 0 Å². The number of anilines is 5. The molecule has 2 heterocycles. The van der Waals surface area contributed by atoms with Gasteiger partial charge in [0.2, 0.25) is 0 Å². The summed E-state index contributed by atoms with van der Waals surface area (Å²) < 4.78 is 84.7. The monoisotopic (exact) mass is 546 g/mol. The average Bonchev–Trinajstić information content (AvgIpc) is 2.85. The molecule has 6 rings (SSSR count). The summed E-state index contributed by atoms with van der Waals surface area (Å²) in [7, 11) is 1.70. The molecule has 0 radical (unpaired) electrons. The minimum atomic E-state index is -4.76. The maximum atomic E-state index is 14.6. The first-order valence-corrected chi connectivity index (χ1v) is 12.7. The highest BCUT2D eigenvalue weighted by Crippen LogP contribution is 2.57. The Hall–Kier alpha value is -3.24. The fraction of sp³-hybridized carbons (Fsp3) is 0.111. The Bertz CT molecular complexity index is 1550. The molecule has 0 atom stereocenters. The molecule has 2 nitrogen and oxygen atoms in total. The SMILES string of the molecule is CN1c2ccccc2Sc2cc(N3c4ccccc4Sc4ccc(C(F)(F)F)cc43)c(C(F)(F)F)cc21. The van der Waals surface area contributed by atoms with Crippen molar-refractivity contribution in [2.24, 2.45) is 0 Å². The lowest BCUT2D eigenvalue weighted by Gasteiger charge is -2.37. The van der Waals surface area contributed by atoms with E-state index in [0.717, 1.165) is 28.8 Å². The Morgan fingerprint density at radius 2 is 1.14 bits per heavy atom. The summed E-state index contributed by atoms with van der Waals surface area (Å²) in [6, 6.07) is 19.9. The molecule has 4 aromatic rings.